The van der Waals surface area contributed by atoms with E-state index in [9.17, 15) is 9.59 Å². The first kappa shape index (κ1) is 8.42. The number of hydrogen-bond acceptors (Lipinski definition) is 4. The van der Waals surface area contributed by atoms with Crippen molar-refractivity contribution >= 4 is 17.5 Å². The molecule has 0 atom stereocenters. The smallest absolute Gasteiger partial charge is 0.254 e. The van der Waals surface area contributed by atoms with Gasteiger partial charge >= 0.3 is 0 Å². The van der Waals surface area contributed by atoms with E-state index < -0.39 is 0 Å². The van der Waals surface area contributed by atoms with Crippen LogP contribution in [0.1, 0.15) is 6.92 Å². The van der Waals surface area contributed by atoms with Crippen molar-refractivity contribution < 1.29 is 4.79 Å². The molecule has 2 heterocycles. The van der Waals surface area contributed by atoms with Gasteiger partial charge in [0.1, 0.15) is 12.1 Å². The number of nitrogens with one attached hydrogen (secondary N) is 2. The van der Waals surface area contributed by atoms with Gasteiger partial charge in [-0.25, -0.2) is 0 Å². The molecule has 0 aromatic carbocycles. The number of carbonyl (C=O) groups is 1. The van der Waals surface area contributed by atoms with Crippen molar-refractivity contribution in [1.82, 2.24) is 19.6 Å². The Bertz CT molecular complexity index is 540. The number of amides is 1. The third-order valence-corrected chi connectivity index (χ3v) is 1.58. The Morgan fingerprint density at radius 1 is 1.64 bits per heavy atom. The second-order valence-corrected chi connectivity index (χ2v) is 2.70. The van der Waals surface area contributed by atoms with Crippen molar-refractivity contribution in [2.45, 2.75) is 6.92 Å². The zero-order chi connectivity index (χ0) is 10.1. The molecule has 7 nitrogen and oxygen atoms in total. The normalized spacial score (nSPS) is 10.4. The number of rotatable bonds is 1. The maximum atomic E-state index is 11.1. The van der Waals surface area contributed by atoms with Crippen molar-refractivity contribution in [3.05, 3.63) is 22.7 Å². The van der Waals surface area contributed by atoms with E-state index in [1.165, 1.54) is 23.8 Å². The van der Waals surface area contributed by atoms with Gasteiger partial charge in [0.25, 0.3) is 5.56 Å². The molecule has 2 aromatic heterocycles. The molecule has 2 N–H and O–H groups in total. The monoisotopic (exact) mass is 193 g/mol. The average Bonchev–Trinajstić information content (AvgIpc) is 2.50. The van der Waals surface area contributed by atoms with Gasteiger partial charge in [-0.05, 0) is 0 Å². The molecule has 14 heavy (non-hydrogen) atoms. The van der Waals surface area contributed by atoms with Gasteiger partial charge < -0.3 is 5.32 Å². The molecule has 0 aliphatic carbocycles. The van der Waals surface area contributed by atoms with Gasteiger partial charge in [-0.1, -0.05) is 0 Å². The first-order valence-electron chi connectivity index (χ1n) is 3.87. The highest BCUT2D eigenvalue weighted by Crippen LogP contribution is 2.02. The predicted octanol–water partition coefficient (Wildman–Crippen LogP) is -0.624. The van der Waals surface area contributed by atoms with Crippen LogP contribution in [-0.4, -0.2) is 25.5 Å². The molecule has 0 saturated carbocycles. The van der Waals surface area contributed by atoms with Gasteiger partial charge in [0.2, 0.25) is 11.7 Å². The number of anilines is 1. The molecule has 0 radical (unpaired) electrons. The standard InChI is InChI=1S/C7H7N5O2/c1-4(13)10-5-2-6(14)11-7-8-3-9-12(5)7/h2-3H,1H3,(H,10,13)(H,8,9,11,14). The first-order valence-corrected chi connectivity index (χ1v) is 3.87. The van der Waals surface area contributed by atoms with Gasteiger partial charge in [0.05, 0.1) is 0 Å². The number of H-pyrrole nitrogens is 1. The molecular formula is C7H7N5O2. The van der Waals surface area contributed by atoms with Crippen LogP contribution in [0.2, 0.25) is 0 Å². The summed E-state index contributed by atoms with van der Waals surface area (Å²) in [6, 6.07) is 1.24. The Morgan fingerprint density at radius 2 is 2.43 bits per heavy atom. The maximum absolute atomic E-state index is 11.1. The molecule has 0 unspecified atom stereocenters. The number of fused-ring (bicyclic) bond motifs is 1. The van der Waals surface area contributed by atoms with Gasteiger partial charge in [-0.2, -0.15) is 14.6 Å². The third-order valence-electron chi connectivity index (χ3n) is 1.58. The summed E-state index contributed by atoms with van der Waals surface area (Å²) < 4.78 is 1.34. The average molecular weight is 193 g/mol. The van der Waals surface area contributed by atoms with Crippen LogP contribution in [0.3, 0.4) is 0 Å². The van der Waals surface area contributed by atoms with E-state index in [1.807, 2.05) is 0 Å². The van der Waals surface area contributed by atoms with Crippen molar-refractivity contribution in [2.24, 2.45) is 0 Å². The largest absolute Gasteiger partial charge is 0.311 e. The lowest BCUT2D eigenvalue weighted by atomic mass is 10.5. The fraction of sp³-hybridized carbons (Fsp3) is 0.143. The quantitative estimate of drug-likeness (QED) is 0.631. The van der Waals surface area contributed by atoms with E-state index in [2.05, 4.69) is 20.4 Å². The van der Waals surface area contributed by atoms with Crippen LogP contribution in [-0.2, 0) is 4.79 Å². The summed E-state index contributed by atoms with van der Waals surface area (Å²) in [4.78, 5) is 28.2. The van der Waals surface area contributed by atoms with Gasteiger partial charge in [0, 0.05) is 13.0 Å². The van der Waals surface area contributed by atoms with E-state index in [-0.39, 0.29) is 11.5 Å². The number of carbonyl (C=O) groups excluding carboxylic acids is 1. The summed E-state index contributed by atoms with van der Waals surface area (Å²) in [5.41, 5.74) is -0.339. The fourth-order valence-electron chi connectivity index (χ4n) is 1.10. The molecule has 2 aromatic rings. The summed E-state index contributed by atoms with van der Waals surface area (Å²) in [7, 11) is 0. The van der Waals surface area contributed by atoms with Crippen LogP contribution in [0.4, 0.5) is 5.82 Å². The SMILES string of the molecule is CC(=O)Nc1cc(=O)[nH]c2ncnn12. The molecule has 0 aliphatic rings. The summed E-state index contributed by atoms with van der Waals surface area (Å²) in [6.07, 6.45) is 1.29. The first-order chi connectivity index (χ1) is 6.66. The molecule has 0 saturated heterocycles. The molecule has 72 valence electrons. The zero-order valence-electron chi connectivity index (χ0n) is 7.31. The number of nitrogens with zero attached hydrogens (tertiary/aromatic N) is 3. The van der Waals surface area contributed by atoms with Crippen molar-refractivity contribution in [1.29, 1.82) is 0 Å². The number of aromatic amines is 1. The molecule has 7 heteroatoms. The highest BCUT2D eigenvalue weighted by molar-refractivity contribution is 5.87. The highest BCUT2D eigenvalue weighted by Gasteiger charge is 2.05. The molecule has 0 fully saturated rings. The maximum Gasteiger partial charge on any atom is 0.254 e. The Kier molecular flexibility index (Phi) is 1.77. The lowest BCUT2D eigenvalue weighted by Gasteiger charge is -2.02. The van der Waals surface area contributed by atoms with Gasteiger partial charge in [0.15, 0.2) is 0 Å². The van der Waals surface area contributed by atoms with E-state index in [0.29, 0.717) is 11.6 Å². The zero-order valence-corrected chi connectivity index (χ0v) is 7.31. The predicted molar refractivity (Wildman–Crippen MR) is 47.9 cm³/mol. The van der Waals surface area contributed by atoms with Crippen LogP contribution < -0.4 is 10.9 Å². The van der Waals surface area contributed by atoms with Crippen LogP contribution in [0, 0.1) is 0 Å². The second kappa shape index (κ2) is 2.95. The Morgan fingerprint density at radius 3 is 3.14 bits per heavy atom. The fourth-order valence-corrected chi connectivity index (χ4v) is 1.10. The molecule has 0 bridgehead atoms. The molecule has 1 amide bonds. The van der Waals surface area contributed by atoms with Gasteiger partial charge in [-0.3, -0.25) is 14.6 Å². The van der Waals surface area contributed by atoms with E-state index in [1.54, 1.807) is 0 Å². The van der Waals surface area contributed by atoms with Gasteiger partial charge in [-0.15, -0.1) is 0 Å². The van der Waals surface area contributed by atoms with Crippen molar-refractivity contribution in [3.8, 4) is 0 Å². The third kappa shape index (κ3) is 1.35. The highest BCUT2D eigenvalue weighted by atomic mass is 16.1. The minimum atomic E-state index is -0.339. The van der Waals surface area contributed by atoms with E-state index >= 15 is 0 Å². The second-order valence-electron chi connectivity index (χ2n) is 2.70. The number of aromatic nitrogens is 4. The Hall–Kier alpha value is -2.18. The lowest BCUT2D eigenvalue weighted by molar-refractivity contribution is -0.114. The van der Waals surface area contributed by atoms with Crippen LogP contribution in [0.5, 0.6) is 0 Å². The summed E-state index contributed by atoms with van der Waals surface area (Å²) >= 11 is 0. The lowest BCUT2D eigenvalue weighted by Crippen LogP contribution is -2.16. The Balaban J connectivity index is 2.66. The van der Waals surface area contributed by atoms with Crippen molar-refractivity contribution in [2.75, 3.05) is 5.32 Å². The van der Waals surface area contributed by atoms with Crippen LogP contribution >= 0.6 is 0 Å². The molecular weight excluding hydrogens is 186 g/mol. The molecule has 0 spiro atoms. The minimum Gasteiger partial charge on any atom is -0.311 e. The Labute approximate surface area is 77.8 Å². The minimum absolute atomic E-state index is 0.271. The molecule has 2 rings (SSSR count). The molecule has 0 aliphatic heterocycles. The van der Waals surface area contributed by atoms with E-state index in [4.69, 9.17) is 0 Å². The summed E-state index contributed by atoms with van der Waals surface area (Å²) in [5, 5.41) is 6.31. The summed E-state index contributed by atoms with van der Waals surface area (Å²) in [5.74, 6) is 0.322. The summed E-state index contributed by atoms with van der Waals surface area (Å²) in [6.45, 7) is 1.35. The number of hydrogen-bond donors (Lipinski definition) is 2. The van der Waals surface area contributed by atoms with Crippen molar-refractivity contribution in [3.63, 3.8) is 0 Å². The van der Waals surface area contributed by atoms with E-state index in [0.717, 1.165) is 0 Å². The van der Waals surface area contributed by atoms with Crippen LogP contribution in [0.25, 0.3) is 5.78 Å². The topological polar surface area (TPSA) is 92.1 Å². The van der Waals surface area contributed by atoms with Crippen LogP contribution in [0.15, 0.2) is 17.2 Å².